The summed E-state index contributed by atoms with van der Waals surface area (Å²) in [6, 6.07) is 0. The van der Waals surface area contributed by atoms with Crippen LogP contribution in [0.4, 0.5) is 0 Å². The first-order valence-corrected chi connectivity index (χ1v) is 6.99. The maximum absolute atomic E-state index is 11.8. The van der Waals surface area contributed by atoms with E-state index in [0.717, 1.165) is 18.6 Å². The summed E-state index contributed by atoms with van der Waals surface area (Å²) in [4.78, 5) is 15.8. The fraction of sp³-hybridized carbons (Fsp3) is 0.667. The second-order valence-electron chi connectivity index (χ2n) is 4.05. The van der Waals surface area contributed by atoms with Crippen LogP contribution < -0.4 is 5.32 Å². The molecule has 102 valence electrons. The molecule has 0 amide bonds. The number of rotatable bonds is 8. The number of likely N-dealkylation sites (N-methyl/N-ethyl adjacent to an activating group) is 1. The second kappa shape index (κ2) is 7.43. The Bertz CT molecular complexity index is 356. The highest BCUT2D eigenvalue weighted by atomic mass is 32.2. The molecule has 1 N–H and O–H groups in total. The van der Waals surface area contributed by atoms with Gasteiger partial charge in [-0.2, -0.15) is 0 Å². The van der Waals surface area contributed by atoms with E-state index < -0.39 is 5.54 Å². The normalized spacial score (nSPS) is 14.2. The van der Waals surface area contributed by atoms with Gasteiger partial charge in [-0.15, -0.1) is 0 Å². The third-order valence-corrected chi connectivity index (χ3v) is 3.68. The number of carbonyl (C=O) groups is 1. The summed E-state index contributed by atoms with van der Waals surface area (Å²) in [5.74, 6) is 0.658. The van der Waals surface area contributed by atoms with Gasteiger partial charge in [0.2, 0.25) is 0 Å². The van der Waals surface area contributed by atoms with E-state index in [-0.39, 0.29) is 5.97 Å². The molecule has 0 aliphatic carbocycles. The minimum absolute atomic E-state index is 0.200. The Kier molecular flexibility index (Phi) is 6.21. The van der Waals surface area contributed by atoms with E-state index in [0.29, 0.717) is 11.8 Å². The van der Waals surface area contributed by atoms with Crippen molar-refractivity contribution in [1.82, 2.24) is 10.3 Å². The number of nitrogens with zero attached hydrogens (tertiary/aromatic N) is 1. The lowest BCUT2D eigenvalue weighted by molar-refractivity contribution is -0.150. The van der Waals surface area contributed by atoms with Crippen LogP contribution in [0.2, 0.25) is 0 Å². The van der Waals surface area contributed by atoms with Crippen LogP contribution in [0.25, 0.3) is 0 Å². The quantitative estimate of drug-likeness (QED) is 0.444. The highest BCUT2D eigenvalue weighted by Crippen LogP contribution is 2.20. The van der Waals surface area contributed by atoms with Crippen molar-refractivity contribution >= 4 is 17.7 Å². The van der Waals surface area contributed by atoms with Crippen molar-refractivity contribution in [2.75, 3.05) is 19.4 Å². The van der Waals surface area contributed by atoms with Crippen molar-refractivity contribution in [3.05, 3.63) is 12.5 Å². The molecule has 1 atom stereocenters. The summed E-state index contributed by atoms with van der Waals surface area (Å²) >= 11 is 1.55. The molecule has 0 aliphatic heterocycles. The maximum atomic E-state index is 11.8. The van der Waals surface area contributed by atoms with Crippen molar-refractivity contribution in [3.8, 4) is 0 Å². The SMILES string of the molecule is CCOC(=O)C(C)(CCCSc1ncco1)NC. The number of hydrogen-bond acceptors (Lipinski definition) is 6. The predicted octanol–water partition coefficient (Wildman–Crippen LogP) is 2.09. The zero-order valence-electron chi connectivity index (χ0n) is 11.1. The Balaban J connectivity index is 2.32. The van der Waals surface area contributed by atoms with Crippen molar-refractivity contribution in [1.29, 1.82) is 0 Å². The second-order valence-corrected chi connectivity index (χ2v) is 5.10. The number of esters is 1. The molecule has 1 unspecified atom stereocenters. The molecule has 1 aromatic rings. The molecule has 0 saturated heterocycles. The molecule has 0 bridgehead atoms. The summed E-state index contributed by atoms with van der Waals surface area (Å²) < 4.78 is 10.2. The van der Waals surface area contributed by atoms with Gasteiger partial charge in [0, 0.05) is 5.75 Å². The molecule has 5 nitrogen and oxygen atoms in total. The van der Waals surface area contributed by atoms with Crippen LogP contribution >= 0.6 is 11.8 Å². The number of carbonyl (C=O) groups excluding carboxylic acids is 1. The van der Waals surface area contributed by atoms with Gasteiger partial charge in [0.25, 0.3) is 5.22 Å². The summed E-state index contributed by atoms with van der Waals surface area (Å²) in [6.07, 6.45) is 4.77. The Morgan fingerprint density at radius 1 is 1.67 bits per heavy atom. The minimum Gasteiger partial charge on any atom is -0.465 e. The van der Waals surface area contributed by atoms with E-state index in [1.807, 2.05) is 13.8 Å². The molecule has 6 heteroatoms. The smallest absolute Gasteiger partial charge is 0.326 e. The van der Waals surface area contributed by atoms with Gasteiger partial charge >= 0.3 is 5.97 Å². The molecule has 1 rings (SSSR count). The van der Waals surface area contributed by atoms with Crippen molar-refractivity contribution in [2.45, 2.75) is 37.5 Å². The average molecular weight is 272 g/mol. The number of nitrogens with one attached hydrogen (secondary N) is 1. The topological polar surface area (TPSA) is 64.4 Å². The van der Waals surface area contributed by atoms with Gasteiger partial charge in [0.1, 0.15) is 11.8 Å². The predicted molar refractivity (Wildman–Crippen MR) is 70.6 cm³/mol. The average Bonchev–Trinajstić information content (AvgIpc) is 2.87. The third-order valence-electron chi connectivity index (χ3n) is 2.73. The van der Waals surface area contributed by atoms with Gasteiger partial charge < -0.3 is 14.5 Å². The summed E-state index contributed by atoms with van der Waals surface area (Å²) in [5.41, 5.74) is -0.618. The number of hydrogen-bond donors (Lipinski definition) is 1. The van der Waals surface area contributed by atoms with Crippen molar-refractivity contribution < 1.29 is 13.9 Å². The molecule has 0 aliphatic rings. The van der Waals surface area contributed by atoms with Crippen LogP contribution in [0.1, 0.15) is 26.7 Å². The van der Waals surface area contributed by atoms with E-state index in [2.05, 4.69) is 10.3 Å². The number of ether oxygens (including phenoxy) is 1. The zero-order chi connectivity index (χ0) is 13.4. The van der Waals surface area contributed by atoms with Crippen LogP contribution in [0.3, 0.4) is 0 Å². The maximum Gasteiger partial charge on any atom is 0.326 e. The number of aromatic nitrogens is 1. The first kappa shape index (κ1) is 15.0. The molecule has 0 saturated carbocycles. The van der Waals surface area contributed by atoms with Crippen molar-refractivity contribution in [2.24, 2.45) is 0 Å². The Morgan fingerprint density at radius 3 is 3.00 bits per heavy atom. The highest BCUT2D eigenvalue weighted by Gasteiger charge is 2.32. The standard InChI is InChI=1S/C12H20N2O3S/c1-4-16-10(15)12(2,13-3)6-5-9-18-11-14-7-8-17-11/h7-8,13H,4-6,9H2,1-3H3. The van der Waals surface area contributed by atoms with Crippen LogP contribution in [0, 0.1) is 0 Å². The molecule has 0 aromatic carbocycles. The van der Waals surface area contributed by atoms with E-state index in [1.54, 1.807) is 31.3 Å². The molecule has 18 heavy (non-hydrogen) atoms. The van der Waals surface area contributed by atoms with Crippen LogP contribution in [-0.4, -0.2) is 35.9 Å². The molecule has 0 radical (unpaired) electrons. The van der Waals surface area contributed by atoms with Gasteiger partial charge in [0.05, 0.1) is 12.8 Å². The fourth-order valence-corrected chi connectivity index (χ4v) is 2.21. The minimum atomic E-state index is -0.618. The molecule has 1 heterocycles. The van der Waals surface area contributed by atoms with Gasteiger partial charge in [-0.1, -0.05) is 11.8 Å². The van der Waals surface area contributed by atoms with Gasteiger partial charge in [0.15, 0.2) is 0 Å². The summed E-state index contributed by atoms with van der Waals surface area (Å²) in [6.45, 7) is 4.08. The van der Waals surface area contributed by atoms with E-state index in [1.165, 1.54) is 0 Å². The molecule has 0 spiro atoms. The lowest BCUT2D eigenvalue weighted by Crippen LogP contribution is -2.48. The molecule has 0 fully saturated rings. The first-order chi connectivity index (χ1) is 8.62. The first-order valence-electron chi connectivity index (χ1n) is 6.01. The largest absolute Gasteiger partial charge is 0.465 e. The number of thioether (sulfide) groups is 1. The fourth-order valence-electron chi connectivity index (χ4n) is 1.49. The van der Waals surface area contributed by atoms with Crippen LogP contribution in [-0.2, 0) is 9.53 Å². The van der Waals surface area contributed by atoms with Gasteiger partial charge in [-0.3, -0.25) is 4.79 Å². The van der Waals surface area contributed by atoms with Crippen LogP contribution in [0.5, 0.6) is 0 Å². The Hall–Kier alpha value is -1.01. The zero-order valence-corrected chi connectivity index (χ0v) is 11.9. The monoisotopic (exact) mass is 272 g/mol. The van der Waals surface area contributed by atoms with E-state index in [4.69, 9.17) is 9.15 Å². The highest BCUT2D eigenvalue weighted by molar-refractivity contribution is 7.99. The third kappa shape index (κ3) is 4.34. The van der Waals surface area contributed by atoms with Crippen LogP contribution in [0.15, 0.2) is 22.1 Å². The summed E-state index contributed by atoms with van der Waals surface area (Å²) in [5, 5.41) is 3.70. The lowest BCUT2D eigenvalue weighted by atomic mass is 9.97. The Labute approximate surface area is 112 Å². The van der Waals surface area contributed by atoms with E-state index >= 15 is 0 Å². The summed E-state index contributed by atoms with van der Waals surface area (Å²) in [7, 11) is 1.78. The van der Waals surface area contributed by atoms with Gasteiger partial charge in [-0.25, -0.2) is 4.98 Å². The van der Waals surface area contributed by atoms with Crippen molar-refractivity contribution in [3.63, 3.8) is 0 Å². The molecular weight excluding hydrogens is 252 g/mol. The Morgan fingerprint density at radius 2 is 2.44 bits per heavy atom. The number of oxazole rings is 1. The molecular formula is C12H20N2O3S. The van der Waals surface area contributed by atoms with Gasteiger partial charge in [-0.05, 0) is 33.7 Å². The molecule has 1 aromatic heterocycles. The van der Waals surface area contributed by atoms with E-state index in [9.17, 15) is 4.79 Å². The lowest BCUT2D eigenvalue weighted by Gasteiger charge is -2.26.